The molecule has 1 aliphatic heterocycles. The number of thiazole rings is 1. The summed E-state index contributed by atoms with van der Waals surface area (Å²) in [5, 5.41) is 10.1. The molecule has 0 saturated heterocycles. The molecule has 0 unspecified atom stereocenters. The van der Waals surface area contributed by atoms with E-state index in [0.29, 0.717) is 36.4 Å². The number of benzene rings is 2. The maximum atomic E-state index is 13.9. The molecular weight excluding hydrogens is 560 g/mol. The predicted octanol–water partition coefficient (Wildman–Crippen LogP) is 4.06. The van der Waals surface area contributed by atoms with Crippen LogP contribution in [0.2, 0.25) is 0 Å². The summed E-state index contributed by atoms with van der Waals surface area (Å²) in [6.45, 7) is 7.49. The van der Waals surface area contributed by atoms with E-state index in [0.717, 1.165) is 0 Å². The van der Waals surface area contributed by atoms with Crippen molar-refractivity contribution in [2.24, 2.45) is 4.99 Å². The summed E-state index contributed by atoms with van der Waals surface area (Å²) in [6.07, 6.45) is 1.59. The Morgan fingerprint density at radius 1 is 1.27 bits per heavy atom. The first-order valence-corrected chi connectivity index (χ1v) is 13.3. The van der Waals surface area contributed by atoms with Crippen LogP contribution in [-0.2, 0) is 9.53 Å². The second-order valence-electron chi connectivity index (χ2n) is 8.55. The van der Waals surface area contributed by atoms with Gasteiger partial charge >= 0.3 is 5.97 Å². The molecule has 0 amide bonds. The molecule has 0 spiro atoms. The van der Waals surface area contributed by atoms with Gasteiger partial charge in [0.15, 0.2) is 16.3 Å². The van der Waals surface area contributed by atoms with Crippen LogP contribution >= 0.6 is 27.3 Å². The number of fused-ring (bicyclic) bond motifs is 1. The van der Waals surface area contributed by atoms with Gasteiger partial charge in [0.1, 0.15) is 11.8 Å². The number of ether oxygens (including phenoxy) is 3. The van der Waals surface area contributed by atoms with Crippen LogP contribution in [0.4, 0.5) is 0 Å². The fourth-order valence-electron chi connectivity index (χ4n) is 4.13. The molecule has 0 radical (unpaired) electrons. The molecule has 2 heterocycles. The van der Waals surface area contributed by atoms with Crippen molar-refractivity contribution in [1.82, 2.24) is 4.57 Å². The van der Waals surface area contributed by atoms with Gasteiger partial charge in [0.25, 0.3) is 5.56 Å². The van der Waals surface area contributed by atoms with E-state index in [4.69, 9.17) is 14.2 Å². The fourth-order valence-corrected chi connectivity index (χ4v) is 5.61. The van der Waals surface area contributed by atoms with E-state index in [9.17, 15) is 14.7 Å². The van der Waals surface area contributed by atoms with E-state index in [1.807, 2.05) is 38.1 Å². The number of hydrogen-bond donors (Lipinski definition) is 1. The van der Waals surface area contributed by atoms with E-state index in [-0.39, 0.29) is 35.3 Å². The molecule has 0 aliphatic carbocycles. The smallest absolute Gasteiger partial charge is 0.338 e. The highest BCUT2D eigenvalue weighted by Gasteiger charge is 2.35. The van der Waals surface area contributed by atoms with Crippen molar-refractivity contribution in [2.45, 2.75) is 39.8 Å². The van der Waals surface area contributed by atoms with Crippen LogP contribution in [0.3, 0.4) is 0 Å². The number of phenols is 1. The van der Waals surface area contributed by atoms with Crippen LogP contribution in [0.1, 0.15) is 44.9 Å². The van der Waals surface area contributed by atoms with E-state index in [1.165, 1.54) is 29.1 Å². The molecule has 1 aromatic heterocycles. The molecule has 10 heteroatoms. The van der Waals surface area contributed by atoms with Gasteiger partial charge in [-0.05, 0) is 57.5 Å². The zero-order valence-electron chi connectivity index (χ0n) is 21.1. The average molecular weight is 587 g/mol. The van der Waals surface area contributed by atoms with Crippen LogP contribution in [0.25, 0.3) is 6.08 Å². The molecule has 2 aromatic carbocycles. The normalized spacial score (nSPS) is 15.4. The standard InChI is InChI=1S/C27H27BrN2O6S/c1-6-35-26(33)23-15(4)29-27-30(24(23)17-9-7-8-10-20(17)36-14(2)3)25(32)22(37-27)12-16-11-21(34-5)19(31)13-18(16)28/h7-14,24,31H,6H2,1-5H3/b22-12+/t24-/m1/s1. The van der Waals surface area contributed by atoms with Crippen molar-refractivity contribution < 1.29 is 24.1 Å². The van der Waals surface area contributed by atoms with Gasteiger partial charge < -0.3 is 19.3 Å². The average Bonchev–Trinajstić information content (AvgIpc) is 3.14. The number of halogens is 1. The minimum absolute atomic E-state index is 0.0237. The number of para-hydroxylation sites is 1. The third-order valence-electron chi connectivity index (χ3n) is 5.68. The van der Waals surface area contributed by atoms with Gasteiger partial charge in [-0.3, -0.25) is 9.36 Å². The largest absolute Gasteiger partial charge is 0.504 e. The highest BCUT2D eigenvalue weighted by molar-refractivity contribution is 9.10. The summed E-state index contributed by atoms with van der Waals surface area (Å²) in [6, 6.07) is 9.72. The zero-order chi connectivity index (χ0) is 26.9. The summed E-state index contributed by atoms with van der Waals surface area (Å²) in [5.74, 6) is 0.290. The highest BCUT2D eigenvalue weighted by atomic mass is 79.9. The van der Waals surface area contributed by atoms with Gasteiger partial charge in [0.05, 0.1) is 35.6 Å². The van der Waals surface area contributed by atoms with Gasteiger partial charge in [0.2, 0.25) is 0 Å². The Morgan fingerprint density at radius 3 is 2.68 bits per heavy atom. The van der Waals surface area contributed by atoms with Crippen molar-refractivity contribution in [1.29, 1.82) is 0 Å². The second kappa shape index (κ2) is 10.9. The van der Waals surface area contributed by atoms with Gasteiger partial charge in [-0.1, -0.05) is 45.5 Å². The summed E-state index contributed by atoms with van der Waals surface area (Å²) >= 11 is 4.65. The first-order valence-electron chi connectivity index (χ1n) is 11.7. The Morgan fingerprint density at radius 2 is 2.00 bits per heavy atom. The monoisotopic (exact) mass is 586 g/mol. The summed E-state index contributed by atoms with van der Waals surface area (Å²) in [5.41, 5.74) is 1.74. The van der Waals surface area contributed by atoms with Crippen molar-refractivity contribution >= 4 is 39.3 Å². The number of phenolic OH excluding ortho intramolecular Hbond substituents is 1. The number of aromatic nitrogens is 1. The van der Waals surface area contributed by atoms with Gasteiger partial charge in [0, 0.05) is 10.0 Å². The van der Waals surface area contributed by atoms with Crippen molar-refractivity contribution in [3.8, 4) is 17.2 Å². The Hall–Kier alpha value is -3.37. The lowest BCUT2D eigenvalue weighted by molar-refractivity contribution is -0.139. The second-order valence-corrected chi connectivity index (χ2v) is 10.4. The number of carbonyl (C=O) groups is 1. The van der Waals surface area contributed by atoms with Gasteiger partial charge in [-0.25, -0.2) is 9.79 Å². The molecule has 1 N–H and O–H groups in total. The van der Waals surface area contributed by atoms with Crippen LogP contribution < -0.4 is 24.4 Å². The number of nitrogens with zero attached hydrogens (tertiary/aromatic N) is 2. The quantitative estimate of drug-likeness (QED) is 0.419. The third kappa shape index (κ3) is 5.21. The van der Waals surface area contributed by atoms with Crippen molar-refractivity contribution in [2.75, 3.05) is 13.7 Å². The van der Waals surface area contributed by atoms with E-state index < -0.39 is 12.0 Å². The molecule has 37 heavy (non-hydrogen) atoms. The summed E-state index contributed by atoms with van der Waals surface area (Å²) < 4.78 is 19.2. The Kier molecular flexibility index (Phi) is 7.89. The predicted molar refractivity (Wildman–Crippen MR) is 145 cm³/mol. The SMILES string of the molecule is CCOC(=O)C1=C(C)N=c2s/c(=C/c3cc(OC)c(O)cc3Br)c(=O)n2[C@@H]1c1ccccc1OC(C)C. The number of aromatic hydroxyl groups is 1. The number of hydrogen-bond acceptors (Lipinski definition) is 8. The number of carbonyl (C=O) groups excluding carboxylic acids is 1. The van der Waals surface area contributed by atoms with Crippen LogP contribution in [0.5, 0.6) is 17.2 Å². The van der Waals surface area contributed by atoms with Crippen LogP contribution in [-0.4, -0.2) is 35.5 Å². The molecule has 194 valence electrons. The van der Waals surface area contributed by atoms with Crippen LogP contribution in [0.15, 0.2) is 61.9 Å². The Bertz CT molecular complexity index is 1570. The molecule has 8 nitrogen and oxygen atoms in total. The maximum absolute atomic E-state index is 13.9. The van der Waals surface area contributed by atoms with E-state index in [2.05, 4.69) is 20.9 Å². The van der Waals surface area contributed by atoms with E-state index in [1.54, 1.807) is 26.0 Å². The fraction of sp³-hybridized carbons (Fsp3) is 0.296. The first-order chi connectivity index (χ1) is 17.7. The van der Waals surface area contributed by atoms with Gasteiger partial charge in [-0.15, -0.1) is 0 Å². The molecule has 3 aromatic rings. The number of rotatable bonds is 7. The number of allylic oxidation sites excluding steroid dienone is 1. The minimum atomic E-state index is -0.787. The topological polar surface area (TPSA) is 99.4 Å². The highest BCUT2D eigenvalue weighted by Crippen LogP contribution is 2.36. The van der Waals surface area contributed by atoms with Crippen LogP contribution in [0, 0.1) is 0 Å². The Labute approximate surface area is 226 Å². The number of esters is 1. The molecule has 4 rings (SSSR count). The molecule has 1 atom stereocenters. The summed E-state index contributed by atoms with van der Waals surface area (Å²) in [7, 11) is 1.46. The summed E-state index contributed by atoms with van der Waals surface area (Å²) in [4.78, 5) is 32.1. The molecule has 0 fully saturated rings. The first kappa shape index (κ1) is 26.7. The molecule has 1 aliphatic rings. The zero-order valence-corrected chi connectivity index (χ0v) is 23.5. The third-order valence-corrected chi connectivity index (χ3v) is 7.35. The van der Waals surface area contributed by atoms with Crippen molar-refractivity contribution in [3.63, 3.8) is 0 Å². The van der Waals surface area contributed by atoms with Gasteiger partial charge in [-0.2, -0.15) is 0 Å². The Balaban J connectivity index is 1.99. The lowest BCUT2D eigenvalue weighted by Crippen LogP contribution is -2.40. The lowest BCUT2D eigenvalue weighted by Gasteiger charge is -2.26. The molecule has 0 bridgehead atoms. The number of methoxy groups -OCH3 is 1. The molecular formula is C27H27BrN2O6S. The minimum Gasteiger partial charge on any atom is -0.504 e. The lowest BCUT2D eigenvalue weighted by atomic mass is 9.95. The maximum Gasteiger partial charge on any atom is 0.338 e. The van der Waals surface area contributed by atoms with E-state index >= 15 is 0 Å². The van der Waals surface area contributed by atoms with Crippen molar-refractivity contribution in [3.05, 3.63) is 83.0 Å². The molecule has 0 saturated carbocycles.